The summed E-state index contributed by atoms with van der Waals surface area (Å²) in [6.45, 7) is 4.75. The summed E-state index contributed by atoms with van der Waals surface area (Å²) in [6.07, 6.45) is 0. The van der Waals surface area contributed by atoms with Crippen molar-refractivity contribution in [3.8, 4) is 22.3 Å². The molecule has 2 nitrogen and oxygen atoms in total. The Balaban J connectivity index is 1.04. The summed E-state index contributed by atoms with van der Waals surface area (Å²) in [5.74, 6) is 0. The number of fused-ring (bicyclic) bond motifs is 12. The predicted octanol–water partition coefficient (Wildman–Crippen LogP) is 13.7. The molecule has 2 aliphatic rings. The van der Waals surface area contributed by atoms with Crippen LogP contribution in [0.5, 0.6) is 0 Å². The number of anilines is 3. The van der Waals surface area contributed by atoms with Gasteiger partial charge in [0.25, 0.3) is 0 Å². The molecule has 256 valence electrons. The highest BCUT2D eigenvalue weighted by molar-refractivity contribution is 6.06. The standard InChI is InChI=1S/C52H37NO/c1-51(2)45-19-9-11-21-47(45)52(48-22-12-10-20-46(48)51)43-18-8-6-16-39(43)42-32-35(26-31-44(42)52)34-24-27-37(28-25-34)53(36-14-4-3-5-15-36)38-29-30-41-40-17-7-13-23-49(40)54-50(41)33-38/h3-33H,1-2H3. The normalized spacial score (nSPS) is 14.4. The monoisotopic (exact) mass is 691 g/mol. The SMILES string of the molecule is CC1(C)c2ccccc2C2(c3ccccc3-c3cc(-c4ccc(N(c5ccccc5)c5ccc6c(c5)oc5ccccc56)cc4)ccc32)c2ccccc21. The van der Waals surface area contributed by atoms with E-state index in [0.29, 0.717) is 0 Å². The zero-order chi connectivity index (χ0) is 36.0. The first-order chi connectivity index (χ1) is 26.5. The molecule has 2 heteroatoms. The Morgan fingerprint density at radius 1 is 0.370 bits per heavy atom. The number of hydrogen-bond acceptors (Lipinski definition) is 2. The molecule has 0 radical (unpaired) electrons. The number of rotatable bonds is 4. The van der Waals surface area contributed by atoms with Crippen LogP contribution in [0.2, 0.25) is 0 Å². The van der Waals surface area contributed by atoms with Gasteiger partial charge in [-0.25, -0.2) is 0 Å². The van der Waals surface area contributed by atoms with Gasteiger partial charge in [0.2, 0.25) is 0 Å². The number of furan rings is 1. The van der Waals surface area contributed by atoms with E-state index in [2.05, 4.69) is 195 Å². The highest BCUT2D eigenvalue weighted by atomic mass is 16.3. The molecule has 1 heterocycles. The van der Waals surface area contributed by atoms with E-state index in [1.807, 2.05) is 12.1 Å². The van der Waals surface area contributed by atoms with Crippen LogP contribution in [0, 0.1) is 0 Å². The molecule has 0 N–H and O–H groups in total. The predicted molar refractivity (Wildman–Crippen MR) is 223 cm³/mol. The van der Waals surface area contributed by atoms with Gasteiger partial charge in [0, 0.05) is 39.3 Å². The average molecular weight is 692 g/mol. The van der Waals surface area contributed by atoms with E-state index in [1.54, 1.807) is 0 Å². The Labute approximate surface area is 315 Å². The first-order valence-electron chi connectivity index (χ1n) is 18.8. The van der Waals surface area contributed by atoms with Gasteiger partial charge in [-0.3, -0.25) is 0 Å². The van der Waals surface area contributed by atoms with Crippen molar-refractivity contribution in [3.05, 3.63) is 221 Å². The quantitative estimate of drug-likeness (QED) is 0.183. The molecule has 11 rings (SSSR count). The zero-order valence-electron chi connectivity index (χ0n) is 30.3. The van der Waals surface area contributed by atoms with E-state index in [1.165, 1.54) is 55.6 Å². The second kappa shape index (κ2) is 11.4. The van der Waals surface area contributed by atoms with Crippen molar-refractivity contribution in [1.82, 2.24) is 0 Å². The van der Waals surface area contributed by atoms with Crippen LogP contribution in [0.15, 0.2) is 192 Å². The average Bonchev–Trinajstić information content (AvgIpc) is 3.74. The van der Waals surface area contributed by atoms with Crippen LogP contribution in [-0.4, -0.2) is 0 Å². The topological polar surface area (TPSA) is 16.4 Å². The molecule has 2 aliphatic carbocycles. The van der Waals surface area contributed by atoms with Gasteiger partial charge in [-0.1, -0.05) is 147 Å². The first kappa shape index (κ1) is 30.9. The maximum atomic E-state index is 6.32. The Morgan fingerprint density at radius 3 is 1.65 bits per heavy atom. The molecule has 0 amide bonds. The molecule has 0 saturated carbocycles. The molecule has 1 aromatic heterocycles. The highest BCUT2D eigenvalue weighted by Gasteiger charge is 2.53. The molecular formula is C52H37NO. The number of nitrogens with zero attached hydrogens (tertiary/aromatic N) is 1. The van der Waals surface area contributed by atoms with Gasteiger partial charge in [-0.05, 0) is 104 Å². The van der Waals surface area contributed by atoms with Gasteiger partial charge in [0.05, 0.1) is 5.41 Å². The van der Waals surface area contributed by atoms with Crippen molar-refractivity contribution in [2.75, 3.05) is 4.90 Å². The van der Waals surface area contributed by atoms with Crippen molar-refractivity contribution in [1.29, 1.82) is 0 Å². The number of benzene rings is 8. The van der Waals surface area contributed by atoms with Crippen molar-refractivity contribution in [2.45, 2.75) is 24.7 Å². The van der Waals surface area contributed by atoms with Crippen LogP contribution in [0.4, 0.5) is 17.1 Å². The van der Waals surface area contributed by atoms with Crippen LogP contribution in [0.3, 0.4) is 0 Å². The third kappa shape index (κ3) is 4.22. The largest absolute Gasteiger partial charge is 0.456 e. The number of hydrogen-bond donors (Lipinski definition) is 0. The Bertz CT molecular complexity index is 2860. The lowest BCUT2D eigenvalue weighted by Crippen LogP contribution is -2.40. The van der Waals surface area contributed by atoms with Crippen LogP contribution >= 0.6 is 0 Å². The first-order valence-corrected chi connectivity index (χ1v) is 18.8. The smallest absolute Gasteiger partial charge is 0.137 e. The van der Waals surface area contributed by atoms with Gasteiger partial charge in [0.1, 0.15) is 11.2 Å². The van der Waals surface area contributed by atoms with Gasteiger partial charge < -0.3 is 9.32 Å². The number of para-hydroxylation sites is 2. The van der Waals surface area contributed by atoms with Gasteiger partial charge >= 0.3 is 0 Å². The molecule has 1 spiro atoms. The molecule has 54 heavy (non-hydrogen) atoms. The lowest BCUT2D eigenvalue weighted by Gasteiger charge is -2.46. The lowest BCUT2D eigenvalue weighted by molar-refractivity contribution is 0.563. The fraction of sp³-hybridized carbons (Fsp3) is 0.0769. The molecule has 0 unspecified atom stereocenters. The van der Waals surface area contributed by atoms with E-state index in [0.717, 1.165) is 39.0 Å². The Morgan fingerprint density at radius 2 is 0.907 bits per heavy atom. The summed E-state index contributed by atoms with van der Waals surface area (Å²) in [5.41, 5.74) is 17.8. The van der Waals surface area contributed by atoms with Crippen molar-refractivity contribution < 1.29 is 4.42 Å². The van der Waals surface area contributed by atoms with Gasteiger partial charge in [-0.2, -0.15) is 0 Å². The van der Waals surface area contributed by atoms with Gasteiger partial charge in [-0.15, -0.1) is 0 Å². The summed E-state index contributed by atoms with van der Waals surface area (Å²) in [4.78, 5) is 2.30. The molecule has 0 atom stereocenters. The van der Waals surface area contributed by atoms with E-state index in [4.69, 9.17) is 4.42 Å². The summed E-state index contributed by atoms with van der Waals surface area (Å²) >= 11 is 0. The van der Waals surface area contributed by atoms with Gasteiger partial charge in [0.15, 0.2) is 0 Å². The molecule has 0 aliphatic heterocycles. The molecular weight excluding hydrogens is 655 g/mol. The summed E-state index contributed by atoms with van der Waals surface area (Å²) < 4.78 is 6.32. The Hall–Kier alpha value is -6.64. The molecule has 0 bridgehead atoms. The maximum absolute atomic E-state index is 6.32. The van der Waals surface area contributed by atoms with Crippen LogP contribution in [0.25, 0.3) is 44.2 Å². The zero-order valence-corrected chi connectivity index (χ0v) is 30.3. The van der Waals surface area contributed by atoms with Crippen molar-refractivity contribution >= 4 is 39.0 Å². The second-order valence-corrected chi connectivity index (χ2v) is 15.3. The second-order valence-electron chi connectivity index (χ2n) is 15.3. The van der Waals surface area contributed by atoms with E-state index in [9.17, 15) is 0 Å². The van der Waals surface area contributed by atoms with E-state index in [-0.39, 0.29) is 10.8 Å². The van der Waals surface area contributed by atoms with Crippen LogP contribution < -0.4 is 4.90 Å². The Kier molecular flexibility index (Phi) is 6.55. The summed E-state index contributed by atoms with van der Waals surface area (Å²) in [5, 5.41) is 2.26. The minimum Gasteiger partial charge on any atom is -0.456 e. The van der Waals surface area contributed by atoms with Crippen LogP contribution in [-0.2, 0) is 10.8 Å². The minimum atomic E-state index is -0.381. The molecule has 0 fully saturated rings. The minimum absolute atomic E-state index is 0.108. The third-order valence-electron chi connectivity index (χ3n) is 12.1. The summed E-state index contributed by atoms with van der Waals surface area (Å²) in [6, 6.07) is 68.9. The fourth-order valence-electron chi connectivity index (χ4n) is 9.73. The van der Waals surface area contributed by atoms with Crippen LogP contribution in [0.1, 0.15) is 47.2 Å². The molecule has 9 aromatic rings. The van der Waals surface area contributed by atoms with E-state index < -0.39 is 0 Å². The summed E-state index contributed by atoms with van der Waals surface area (Å²) in [7, 11) is 0. The van der Waals surface area contributed by atoms with E-state index >= 15 is 0 Å². The maximum Gasteiger partial charge on any atom is 0.137 e. The third-order valence-corrected chi connectivity index (χ3v) is 12.1. The lowest BCUT2D eigenvalue weighted by atomic mass is 9.55. The fourth-order valence-corrected chi connectivity index (χ4v) is 9.73. The molecule has 8 aromatic carbocycles. The van der Waals surface area contributed by atoms with Crippen molar-refractivity contribution in [2.24, 2.45) is 0 Å². The highest BCUT2D eigenvalue weighted by Crippen LogP contribution is 2.62. The van der Waals surface area contributed by atoms with Crippen molar-refractivity contribution in [3.63, 3.8) is 0 Å². The molecule has 0 saturated heterocycles.